The SMILES string of the molecule is O=C(Nc1cc(Cl)nc2ccccc12)[C@H]1CCCO1. The van der Waals surface area contributed by atoms with Crippen LogP contribution in [0.2, 0.25) is 5.15 Å². The number of halogens is 1. The molecule has 1 amide bonds. The third-order valence-electron chi connectivity index (χ3n) is 3.16. The van der Waals surface area contributed by atoms with Gasteiger partial charge in [0, 0.05) is 12.0 Å². The Bertz CT molecular complexity index is 624. The molecule has 0 radical (unpaired) electrons. The van der Waals surface area contributed by atoms with Crippen LogP contribution in [0.5, 0.6) is 0 Å². The van der Waals surface area contributed by atoms with E-state index in [0.29, 0.717) is 17.4 Å². The van der Waals surface area contributed by atoms with Crippen molar-refractivity contribution in [2.75, 3.05) is 11.9 Å². The maximum atomic E-state index is 12.1. The summed E-state index contributed by atoms with van der Waals surface area (Å²) >= 11 is 5.97. The Morgan fingerprint density at radius 2 is 2.26 bits per heavy atom. The van der Waals surface area contributed by atoms with Gasteiger partial charge in [-0.25, -0.2) is 4.98 Å². The molecule has 1 aliphatic rings. The van der Waals surface area contributed by atoms with E-state index in [-0.39, 0.29) is 12.0 Å². The molecule has 0 saturated carbocycles. The number of hydrogen-bond donors (Lipinski definition) is 1. The highest BCUT2D eigenvalue weighted by atomic mass is 35.5. The monoisotopic (exact) mass is 276 g/mol. The zero-order chi connectivity index (χ0) is 13.2. The van der Waals surface area contributed by atoms with E-state index in [4.69, 9.17) is 16.3 Å². The molecule has 98 valence electrons. The van der Waals surface area contributed by atoms with E-state index in [2.05, 4.69) is 10.3 Å². The molecule has 3 rings (SSSR count). The van der Waals surface area contributed by atoms with Crippen molar-refractivity contribution < 1.29 is 9.53 Å². The fourth-order valence-corrected chi connectivity index (χ4v) is 2.44. The molecule has 1 saturated heterocycles. The first-order valence-corrected chi connectivity index (χ1v) is 6.59. The summed E-state index contributed by atoms with van der Waals surface area (Å²) in [5, 5.41) is 4.12. The van der Waals surface area contributed by atoms with Crippen LogP contribution in [0.3, 0.4) is 0 Å². The molecule has 0 aliphatic carbocycles. The number of rotatable bonds is 2. The summed E-state index contributed by atoms with van der Waals surface area (Å²) in [6.45, 7) is 0.649. The van der Waals surface area contributed by atoms with Crippen LogP contribution in [-0.4, -0.2) is 23.6 Å². The van der Waals surface area contributed by atoms with Gasteiger partial charge in [0.15, 0.2) is 0 Å². The quantitative estimate of drug-likeness (QED) is 0.858. The summed E-state index contributed by atoms with van der Waals surface area (Å²) in [5.41, 5.74) is 1.44. The van der Waals surface area contributed by atoms with Crippen molar-refractivity contribution in [3.63, 3.8) is 0 Å². The molecule has 1 aromatic heterocycles. The molecule has 2 aromatic rings. The lowest BCUT2D eigenvalue weighted by molar-refractivity contribution is -0.124. The summed E-state index contributed by atoms with van der Waals surface area (Å²) in [7, 11) is 0. The highest BCUT2D eigenvalue weighted by Gasteiger charge is 2.24. The van der Waals surface area contributed by atoms with Gasteiger partial charge in [-0.3, -0.25) is 4.79 Å². The van der Waals surface area contributed by atoms with Crippen molar-refractivity contribution in [1.82, 2.24) is 4.98 Å². The molecule has 1 fully saturated rings. The lowest BCUT2D eigenvalue weighted by Crippen LogP contribution is -2.26. The molecule has 1 aromatic carbocycles. The van der Waals surface area contributed by atoms with E-state index < -0.39 is 0 Å². The number of pyridine rings is 1. The summed E-state index contributed by atoms with van der Waals surface area (Å²) in [6, 6.07) is 9.22. The van der Waals surface area contributed by atoms with Crippen molar-refractivity contribution >= 4 is 34.1 Å². The minimum absolute atomic E-state index is 0.120. The fraction of sp³-hybridized carbons (Fsp3) is 0.286. The average Bonchev–Trinajstić information content (AvgIpc) is 2.92. The van der Waals surface area contributed by atoms with Gasteiger partial charge in [-0.1, -0.05) is 29.8 Å². The second kappa shape index (κ2) is 5.15. The molecule has 0 unspecified atom stereocenters. The number of amides is 1. The first-order chi connectivity index (χ1) is 9.24. The summed E-state index contributed by atoms with van der Waals surface area (Å²) in [4.78, 5) is 16.3. The van der Waals surface area contributed by atoms with Gasteiger partial charge in [0.1, 0.15) is 11.3 Å². The number of anilines is 1. The molecule has 1 aliphatic heterocycles. The Kier molecular flexibility index (Phi) is 3.36. The van der Waals surface area contributed by atoms with Crippen LogP contribution in [0.4, 0.5) is 5.69 Å². The van der Waals surface area contributed by atoms with Crippen molar-refractivity contribution in [2.24, 2.45) is 0 Å². The normalized spacial score (nSPS) is 18.7. The number of fused-ring (bicyclic) bond motifs is 1. The largest absolute Gasteiger partial charge is 0.368 e. The summed E-state index contributed by atoms with van der Waals surface area (Å²) in [5.74, 6) is -0.120. The highest BCUT2D eigenvalue weighted by Crippen LogP contribution is 2.26. The number of nitrogens with one attached hydrogen (secondary N) is 1. The van der Waals surface area contributed by atoms with Crippen LogP contribution in [0.15, 0.2) is 30.3 Å². The number of ether oxygens (including phenoxy) is 1. The van der Waals surface area contributed by atoms with Gasteiger partial charge in [-0.15, -0.1) is 0 Å². The fourth-order valence-electron chi connectivity index (χ4n) is 2.24. The first kappa shape index (κ1) is 12.4. The molecule has 2 heterocycles. The van der Waals surface area contributed by atoms with E-state index in [9.17, 15) is 4.79 Å². The van der Waals surface area contributed by atoms with Crippen LogP contribution < -0.4 is 5.32 Å². The van der Waals surface area contributed by atoms with E-state index in [1.54, 1.807) is 6.07 Å². The van der Waals surface area contributed by atoms with Crippen LogP contribution in [0.25, 0.3) is 10.9 Å². The van der Waals surface area contributed by atoms with Gasteiger partial charge in [-0.2, -0.15) is 0 Å². The third-order valence-corrected chi connectivity index (χ3v) is 3.36. The lowest BCUT2D eigenvalue weighted by Gasteiger charge is -2.12. The second-order valence-corrected chi connectivity index (χ2v) is 4.89. The van der Waals surface area contributed by atoms with Crippen molar-refractivity contribution in [1.29, 1.82) is 0 Å². The maximum Gasteiger partial charge on any atom is 0.253 e. The predicted octanol–water partition coefficient (Wildman–Crippen LogP) is 3.01. The predicted molar refractivity (Wildman–Crippen MR) is 74.4 cm³/mol. The Morgan fingerprint density at radius 1 is 1.42 bits per heavy atom. The van der Waals surface area contributed by atoms with Gasteiger partial charge in [0.2, 0.25) is 0 Å². The van der Waals surface area contributed by atoms with Gasteiger partial charge in [-0.05, 0) is 25.0 Å². The third kappa shape index (κ3) is 2.55. The minimum Gasteiger partial charge on any atom is -0.368 e. The lowest BCUT2D eigenvalue weighted by atomic mass is 10.1. The highest BCUT2D eigenvalue weighted by molar-refractivity contribution is 6.30. The molecule has 4 nitrogen and oxygen atoms in total. The second-order valence-electron chi connectivity index (χ2n) is 4.50. The van der Waals surface area contributed by atoms with E-state index in [1.165, 1.54) is 0 Å². The zero-order valence-corrected chi connectivity index (χ0v) is 11.0. The summed E-state index contributed by atoms with van der Waals surface area (Å²) < 4.78 is 5.37. The Balaban J connectivity index is 1.93. The van der Waals surface area contributed by atoms with Gasteiger partial charge >= 0.3 is 0 Å². The van der Waals surface area contributed by atoms with Crippen LogP contribution in [0.1, 0.15) is 12.8 Å². The smallest absolute Gasteiger partial charge is 0.253 e. The number of carbonyl (C=O) groups is 1. The molecule has 0 bridgehead atoms. The van der Waals surface area contributed by atoms with Crippen LogP contribution in [0, 0.1) is 0 Å². The molecule has 1 N–H and O–H groups in total. The Labute approximate surface area is 115 Å². The molecule has 19 heavy (non-hydrogen) atoms. The van der Waals surface area contributed by atoms with Gasteiger partial charge in [0.05, 0.1) is 11.2 Å². The molecular formula is C14H13ClN2O2. The molecule has 1 atom stereocenters. The number of carbonyl (C=O) groups excluding carboxylic acids is 1. The number of aromatic nitrogens is 1. The number of nitrogens with zero attached hydrogens (tertiary/aromatic N) is 1. The van der Waals surface area contributed by atoms with Crippen molar-refractivity contribution in [2.45, 2.75) is 18.9 Å². The Morgan fingerprint density at radius 3 is 3.05 bits per heavy atom. The number of hydrogen-bond acceptors (Lipinski definition) is 3. The van der Waals surface area contributed by atoms with Crippen molar-refractivity contribution in [3.8, 4) is 0 Å². The average molecular weight is 277 g/mol. The standard InChI is InChI=1S/C14H13ClN2O2/c15-13-8-11(9-4-1-2-5-10(9)16-13)17-14(18)12-6-3-7-19-12/h1-2,4-5,8,12H,3,6-7H2,(H,16,17,18)/t12-/m1/s1. The van der Waals surface area contributed by atoms with Gasteiger partial charge < -0.3 is 10.1 Å². The molecule has 5 heteroatoms. The number of para-hydroxylation sites is 1. The van der Waals surface area contributed by atoms with E-state index >= 15 is 0 Å². The number of benzene rings is 1. The maximum absolute atomic E-state index is 12.1. The van der Waals surface area contributed by atoms with E-state index in [0.717, 1.165) is 23.7 Å². The topological polar surface area (TPSA) is 51.2 Å². The van der Waals surface area contributed by atoms with Crippen molar-refractivity contribution in [3.05, 3.63) is 35.5 Å². The van der Waals surface area contributed by atoms with Crippen LogP contribution in [-0.2, 0) is 9.53 Å². The minimum atomic E-state index is -0.356. The molecular weight excluding hydrogens is 264 g/mol. The summed E-state index contributed by atoms with van der Waals surface area (Å²) in [6.07, 6.45) is 1.34. The van der Waals surface area contributed by atoms with Crippen LogP contribution >= 0.6 is 11.6 Å². The first-order valence-electron chi connectivity index (χ1n) is 6.22. The molecule has 0 spiro atoms. The Hall–Kier alpha value is -1.65. The zero-order valence-electron chi connectivity index (χ0n) is 10.2. The van der Waals surface area contributed by atoms with E-state index in [1.807, 2.05) is 24.3 Å². The van der Waals surface area contributed by atoms with Gasteiger partial charge in [0.25, 0.3) is 5.91 Å².